The number of piperidine rings is 1. The van der Waals surface area contributed by atoms with E-state index >= 15 is 0 Å². The first kappa shape index (κ1) is 20.2. The van der Waals surface area contributed by atoms with E-state index in [0.29, 0.717) is 18.7 Å². The van der Waals surface area contributed by atoms with Crippen molar-refractivity contribution < 1.29 is 17.9 Å². The molecule has 1 aromatic carbocycles. The fourth-order valence-electron chi connectivity index (χ4n) is 3.18. The number of ether oxygens (including phenoxy) is 1. The molecule has 1 aliphatic heterocycles. The lowest BCUT2D eigenvalue weighted by atomic mass is 10.1. The summed E-state index contributed by atoms with van der Waals surface area (Å²) in [6.45, 7) is 5.81. The number of anilines is 1. The predicted octanol–water partition coefficient (Wildman–Crippen LogP) is 2.28. The Bertz CT molecular complexity index is 940. The van der Waals surface area contributed by atoms with Gasteiger partial charge >= 0.3 is 6.01 Å². The highest BCUT2D eigenvalue weighted by molar-refractivity contribution is 7.89. The first-order chi connectivity index (χ1) is 13.2. The number of carbonyl (C=O) groups is 1. The second-order valence-electron chi connectivity index (χ2n) is 6.88. The summed E-state index contributed by atoms with van der Waals surface area (Å²) < 4.78 is 33.3. The monoisotopic (exact) mass is 404 g/mol. The van der Waals surface area contributed by atoms with Gasteiger partial charge in [0.05, 0.1) is 11.4 Å². The number of amides is 1. The maximum atomic E-state index is 13.0. The van der Waals surface area contributed by atoms with Gasteiger partial charge in [-0.2, -0.15) is 4.31 Å². The molecule has 2 aromatic rings. The zero-order valence-electron chi connectivity index (χ0n) is 16.2. The van der Waals surface area contributed by atoms with Crippen LogP contribution in [-0.2, 0) is 14.8 Å². The van der Waals surface area contributed by atoms with Gasteiger partial charge in [-0.1, -0.05) is 0 Å². The van der Waals surface area contributed by atoms with Crippen LogP contribution in [-0.4, -0.2) is 47.8 Å². The molecule has 3 rings (SSSR count). The average molecular weight is 404 g/mol. The number of aryl methyl sites for hydroxylation is 2. The van der Waals surface area contributed by atoms with E-state index in [2.05, 4.69) is 15.3 Å². The Kier molecular flexibility index (Phi) is 5.95. The smallest absolute Gasteiger partial charge is 0.317 e. The Labute approximate surface area is 165 Å². The van der Waals surface area contributed by atoms with Crippen molar-refractivity contribution in [1.29, 1.82) is 0 Å². The van der Waals surface area contributed by atoms with Gasteiger partial charge in [0, 0.05) is 30.5 Å². The summed E-state index contributed by atoms with van der Waals surface area (Å²) >= 11 is 0. The highest BCUT2D eigenvalue weighted by Gasteiger charge is 2.31. The number of hydrogen-bond donors (Lipinski definition) is 1. The van der Waals surface area contributed by atoms with E-state index in [0.717, 1.165) is 17.8 Å². The first-order valence-corrected chi connectivity index (χ1v) is 10.5. The number of sulfonamides is 1. The van der Waals surface area contributed by atoms with Gasteiger partial charge in [0.25, 0.3) is 0 Å². The molecule has 1 aromatic heterocycles. The van der Waals surface area contributed by atoms with Crippen molar-refractivity contribution in [3.63, 3.8) is 0 Å². The van der Waals surface area contributed by atoms with Crippen LogP contribution in [0.2, 0.25) is 0 Å². The van der Waals surface area contributed by atoms with Crippen LogP contribution in [0.25, 0.3) is 0 Å². The van der Waals surface area contributed by atoms with Crippen molar-refractivity contribution in [1.82, 2.24) is 14.3 Å². The zero-order chi connectivity index (χ0) is 20.3. The molecule has 1 fully saturated rings. The molecule has 0 aliphatic carbocycles. The molecule has 2 heterocycles. The molecule has 0 spiro atoms. The van der Waals surface area contributed by atoms with Gasteiger partial charge in [-0.05, 0) is 57.0 Å². The molecule has 1 aliphatic rings. The molecule has 28 heavy (non-hydrogen) atoms. The van der Waals surface area contributed by atoms with Crippen LogP contribution in [0.5, 0.6) is 6.01 Å². The quantitative estimate of drug-likeness (QED) is 0.820. The van der Waals surface area contributed by atoms with E-state index in [-0.39, 0.29) is 29.5 Å². The predicted molar refractivity (Wildman–Crippen MR) is 105 cm³/mol. The topological polar surface area (TPSA) is 101 Å². The number of carbonyl (C=O) groups excluding carboxylic acids is 1. The van der Waals surface area contributed by atoms with Gasteiger partial charge in [-0.25, -0.2) is 18.4 Å². The normalized spacial score (nSPS) is 17.9. The third-order valence-corrected chi connectivity index (χ3v) is 6.27. The number of rotatable bonds is 5. The first-order valence-electron chi connectivity index (χ1n) is 9.11. The number of hydrogen-bond acceptors (Lipinski definition) is 6. The van der Waals surface area contributed by atoms with Crippen LogP contribution in [0.3, 0.4) is 0 Å². The minimum absolute atomic E-state index is 0.185. The summed E-state index contributed by atoms with van der Waals surface area (Å²) in [4.78, 5) is 19.8. The van der Waals surface area contributed by atoms with Crippen molar-refractivity contribution in [2.75, 3.05) is 18.4 Å². The van der Waals surface area contributed by atoms with Crippen LogP contribution in [0.4, 0.5) is 5.69 Å². The van der Waals surface area contributed by atoms with E-state index < -0.39 is 10.0 Å². The van der Waals surface area contributed by atoms with Gasteiger partial charge in [0.15, 0.2) is 0 Å². The van der Waals surface area contributed by atoms with Crippen molar-refractivity contribution in [3.8, 4) is 6.01 Å². The Hall–Kier alpha value is -2.52. The molecule has 9 heteroatoms. The Balaban J connectivity index is 1.72. The van der Waals surface area contributed by atoms with Crippen molar-refractivity contribution in [3.05, 3.63) is 41.7 Å². The lowest BCUT2D eigenvalue weighted by Crippen LogP contribution is -2.44. The van der Waals surface area contributed by atoms with E-state index in [1.807, 2.05) is 19.9 Å². The third kappa shape index (κ3) is 4.85. The highest BCUT2D eigenvalue weighted by atomic mass is 32.2. The summed E-state index contributed by atoms with van der Waals surface area (Å²) in [5.41, 5.74) is 2.17. The van der Waals surface area contributed by atoms with Crippen LogP contribution in [0.15, 0.2) is 35.2 Å². The molecule has 150 valence electrons. The summed E-state index contributed by atoms with van der Waals surface area (Å²) in [5, 5.41) is 2.63. The highest BCUT2D eigenvalue weighted by Crippen LogP contribution is 2.24. The van der Waals surface area contributed by atoms with Gasteiger partial charge in [-0.3, -0.25) is 4.79 Å². The fraction of sp³-hybridized carbons (Fsp3) is 0.421. The maximum Gasteiger partial charge on any atom is 0.317 e. The molecule has 1 N–H and O–H groups in total. The Morgan fingerprint density at radius 1 is 1.18 bits per heavy atom. The summed E-state index contributed by atoms with van der Waals surface area (Å²) in [6.07, 6.45) is 1.13. The lowest BCUT2D eigenvalue weighted by molar-refractivity contribution is -0.114. The molecule has 1 saturated heterocycles. The van der Waals surface area contributed by atoms with Gasteiger partial charge in [-0.15, -0.1) is 0 Å². The average Bonchev–Trinajstić information content (AvgIpc) is 2.61. The second kappa shape index (κ2) is 8.24. The van der Waals surface area contributed by atoms with Crippen LogP contribution < -0.4 is 10.1 Å². The molecular formula is C19H24N4O4S. The number of aromatic nitrogens is 2. The van der Waals surface area contributed by atoms with E-state index in [1.165, 1.54) is 23.4 Å². The number of benzene rings is 1. The zero-order valence-corrected chi connectivity index (χ0v) is 17.0. The molecule has 0 bridgehead atoms. The molecule has 1 atom stereocenters. The van der Waals surface area contributed by atoms with Crippen molar-refractivity contribution in [2.45, 2.75) is 44.6 Å². The molecule has 1 unspecified atom stereocenters. The Morgan fingerprint density at radius 2 is 1.82 bits per heavy atom. The van der Waals surface area contributed by atoms with Crippen LogP contribution in [0.1, 0.15) is 31.2 Å². The van der Waals surface area contributed by atoms with Crippen molar-refractivity contribution in [2.24, 2.45) is 0 Å². The van der Waals surface area contributed by atoms with E-state index in [4.69, 9.17) is 4.74 Å². The molecule has 0 radical (unpaired) electrons. The number of nitrogens with zero attached hydrogens (tertiary/aromatic N) is 3. The largest absolute Gasteiger partial charge is 0.459 e. The van der Waals surface area contributed by atoms with Crippen LogP contribution in [0, 0.1) is 13.8 Å². The minimum Gasteiger partial charge on any atom is -0.459 e. The van der Waals surface area contributed by atoms with Gasteiger partial charge < -0.3 is 10.1 Å². The number of nitrogens with one attached hydrogen (secondary N) is 1. The van der Waals surface area contributed by atoms with Gasteiger partial charge in [0.1, 0.15) is 6.10 Å². The van der Waals surface area contributed by atoms with Gasteiger partial charge in [0.2, 0.25) is 15.9 Å². The molecule has 0 saturated carbocycles. The van der Waals surface area contributed by atoms with Crippen molar-refractivity contribution >= 4 is 21.6 Å². The Morgan fingerprint density at radius 3 is 2.43 bits per heavy atom. The summed E-state index contributed by atoms with van der Waals surface area (Å²) in [5.74, 6) is -0.208. The standard InChI is InChI=1S/C19H24N4O4S/c1-13-11-14(2)21-19(20-13)27-17-5-4-10-23(12-17)28(25,26)18-8-6-16(7-9-18)22-15(3)24/h6-9,11,17H,4-5,10,12H2,1-3H3,(H,22,24). The SMILES string of the molecule is CC(=O)Nc1ccc(S(=O)(=O)N2CCCC(Oc3nc(C)cc(C)n3)C2)cc1. The summed E-state index contributed by atoms with van der Waals surface area (Å²) in [6, 6.07) is 8.29. The second-order valence-corrected chi connectivity index (χ2v) is 8.82. The lowest BCUT2D eigenvalue weighted by Gasteiger charge is -2.31. The molecule has 1 amide bonds. The molecule has 8 nitrogen and oxygen atoms in total. The minimum atomic E-state index is -3.65. The van der Waals surface area contributed by atoms with Crippen LogP contribution >= 0.6 is 0 Å². The van der Waals surface area contributed by atoms with E-state index in [9.17, 15) is 13.2 Å². The summed E-state index contributed by atoms with van der Waals surface area (Å²) in [7, 11) is -3.65. The third-order valence-electron chi connectivity index (χ3n) is 4.39. The fourth-order valence-corrected chi connectivity index (χ4v) is 4.69. The maximum absolute atomic E-state index is 13.0. The molecular weight excluding hydrogens is 380 g/mol. The van der Waals surface area contributed by atoms with E-state index in [1.54, 1.807) is 12.1 Å².